The van der Waals surface area contributed by atoms with Crippen molar-refractivity contribution in [1.82, 2.24) is 14.3 Å². The number of esters is 1. The Morgan fingerprint density at radius 2 is 1.80 bits per heavy atom. The summed E-state index contributed by atoms with van der Waals surface area (Å²) in [4.78, 5) is 22.6. The quantitative estimate of drug-likeness (QED) is 0.573. The van der Waals surface area contributed by atoms with E-state index in [9.17, 15) is 18.0 Å². The van der Waals surface area contributed by atoms with E-state index in [0.29, 0.717) is 0 Å². The molecular weight excluding hydrogens is 286 g/mol. The lowest BCUT2D eigenvalue weighted by Gasteiger charge is -2.21. The summed E-state index contributed by atoms with van der Waals surface area (Å²) in [5.74, 6) is -0.914. The number of nitrogens with zero attached hydrogens (tertiary/aromatic N) is 1. The number of ether oxygens (including phenoxy) is 1. The molecule has 118 valence electrons. The first kappa shape index (κ1) is 18.8. The zero-order valence-electron chi connectivity index (χ0n) is 12.5. The lowest BCUT2D eigenvalue weighted by molar-refractivity contribution is -0.140. The Bertz CT molecular complexity index is 435. The van der Waals surface area contributed by atoms with E-state index < -0.39 is 28.1 Å². The van der Waals surface area contributed by atoms with Crippen molar-refractivity contribution in [2.75, 3.05) is 20.7 Å². The first-order chi connectivity index (χ1) is 9.10. The maximum absolute atomic E-state index is 11.9. The summed E-state index contributed by atoms with van der Waals surface area (Å²) in [7, 11) is -1.28. The van der Waals surface area contributed by atoms with Crippen molar-refractivity contribution in [2.45, 2.75) is 39.3 Å². The summed E-state index contributed by atoms with van der Waals surface area (Å²) in [6.07, 6.45) is -0.0551. The first-order valence-corrected chi connectivity index (χ1v) is 7.65. The van der Waals surface area contributed by atoms with Crippen LogP contribution >= 0.6 is 0 Å². The second kappa shape index (κ2) is 8.18. The maximum atomic E-state index is 11.9. The molecule has 0 spiro atoms. The van der Waals surface area contributed by atoms with E-state index in [0.717, 1.165) is 4.31 Å². The average Bonchev–Trinajstić information content (AvgIpc) is 2.33. The molecule has 0 aromatic carbocycles. The van der Waals surface area contributed by atoms with Gasteiger partial charge in [-0.05, 0) is 20.8 Å². The Morgan fingerprint density at radius 3 is 2.25 bits per heavy atom. The molecule has 0 aliphatic heterocycles. The molecule has 8 nitrogen and oxygen atoms in total. The van der Waals surface area contributed by atoms with Gasteiger partial charge < -0.3 is 10.1 Å². The van der Waals surface area contributed by atoms with Crippen LogP contribution in [0.5, 0.6) is 0 Å². The Kier molecular flexibility index (Phi) is 7.69. The summed E-state index contributed by atoms with van der Waals surface area (Å²) in [6, 6.07) is -0.977. The van der Waals surface area contributed by atoms with Crippen molar-refractivity contribution >= 4 is 22.1 Å². The standard InChI is InChI=1S/C11H23N3O5S/c1-8(2)12-11(16)9(3)13-20(17,18)14(4)7-6-10(15)19-5/h8-9,13H,6-7H2,1-5H3,(H,12,16). The highest BCUT2D eigenvalue weighted by Crippen LogP contribution is 1.99. The Labute approximate surface area is 120 Å². The van der Waals surface area contributed by atoms with Crippen molar-refractivity contribution in [3.63, 3.8) is 0 Å². The highest BCUT2D eigenvalue weighted by Gasteiger charge is 2.24. The number of carbonyl (C=O) groups is 2. The first-order valence-electron chi connectivity index (χ1n) is 6.21. The number of hydrogen-bond acceptors (Lipinski definition) is 5. The summed E-state index contributed by atoms with van der Waals surface area (Å²) in [5.41, 5.74) is 0. The summed E-state index contributed by atoms with van der Waals surface area (Å²) in [6.45, 7) is 4.98. The maximum Gasteiger partial charge on any atom is 0.306 e. The van der Waals surface area contributed by atoms with Crippen LogP contribution in [0.2, 0.25) is 0 Å². The minimum Gasteiger partial charge on any atom is -0.469 e. The molecule has 1 unspecified atom stereocenters. The van der Waals surface area contributed by atoms with Crippen LogP contribution in [0.3, 0.4) is 0 Å². The predicted octanol–water partition coefficient (Wildman–Crippen LogP) is -0.771. The Morgan fingerprint density at radius 1 is 1.25 bits per heavy atom. The van der Waals surface area contributed by atoms with Gasteiger partial charge in [-0.2, -0.15) is 17.4 Å². The van der Waals surface area contributed by atoms with Gasteiger partial charge in [-0.1, -0.05) is 0 Å². The summed E-state index contributed by atoms with van der Waals surface area (Å²) >= 11 is 0. The minimum atomic E-state index is -3.83. The van der Waals surface area contributed by atoms with Crippen LogP contribution in [0.15, 0.2) is 0 Å². The van der Waals surface area contributed by atoms with Gasteiger partial charge in [-0.25, -0.2) is 0 Å². The number of hydrogen-bond donors (Lipinski definition) is 2. The van der Waals surface area contributed by atoms with Crippen molar-refractivity contribution < 1.29 is 22.7 Å². The van der Waals surface area contributed by atoms with E-state index in [4.69, 9.17) is 0 Å². The number of rotatable bonds is 8. The highest BCUT2D eigenvalue weighted by atomic mass is 32.2. The van der Waals surface area contributed by atoms with Crippen molar-refractivity contribution in [3.8, 4) is 0 Å². The molecular formula is C11H23N3O5S. The van der Waals surface area contributed by atoms with Crippen LogP contribution in [0.25, 0.3) is 0 Å². The molecule has 0 heterocycles. The molecule has 20 heavy (non-hydrogen) atoms. The van der Waals surface area contributed by atoms with Gasteiger partial charge in [0.25, 0.3) is 10.2 Å². The lowest BCUT2D eigenvalue weighted by Crippen LogP contribution is -2.50. The van der Waals surface area contributed by atoms with E-state index in [1.807, 2.05) is 0 Å². The second-order valence-corrected chi connectivity index (χ2v) is 6.46. The van der Waals surface area contributed by atoms with E-state index >= 15 is 0 Å². The van der Waals surface area contributed by atoms with Crippen LogP contribution < -0.4 is 10.0 Å². The van der Waals surface area contributed by atoms with Crippen molar-refractivity contribution in [2.24, 2.45) is 0 Å². The van der Waals surface area contributed by atoms with Gasteiger partial charge in [0.05, 0.1) is 19.6 Å². The molecule has 0 saturated heterocycles. The van der Waals surface area contributed by atoms with Crippen molar-refractivity contribution in [3.05, 3.63) is 0 Å². The minimum absolute atomic E-state index is 0.0273. The summed E-state index contributed by atoms with van der Waals surface area (Å²) < 4.78 is 31.5. The van der Waals surface area contributed by atoms with E-state index in [1.54, 1.807) is 13.8 Å². The monoisotopic (exact) mass is 309 g/mol. The SMILES string of the molecule is COC(=O)CCN(C)S(=O)(=O)NC(C)C(=O)NC(C)C. The van der Waals surface area contributed by atoms with Gasteiger partial charge in [0.2, 0.25) is 5.91 Å². The molecule has 0 aromatic heterocycles. The highest BCUT2D eigenvalue weighted by molar-refractivity contribution is 7.87. The Balaban J connectivity index is 4.49. The molecule has 0 rings (SSSR count). The van der Waals surface area contributed by atoms with Crippen LogP contribution in [0.1, 0.15) is 27.2 Å². The third kappa shape index (κ3) is 6.83. The third-order valence-electron chi connectivity index (χ3n) is 2.42. The molecule has 0 radical (unpaired) electrons. The van der Waals surface area contributed by atoms with E-state index in [2.05, 4.69) is 14.8 Å². The van der Waals surface area contributed by atoms with E-state index in [-0.39, 0.29) is 19.0 Å². The van der Waals surface area contributed by atoms with Crippen LogP contribution in [0, 0.1) is 0 Å². The topological polar surface area (TPSA) is 105 Å². The van der Waals surface area contributed by atoms with Crippen LogP contribution in [-0.2, 0) is 24.5 Å². The van der Waals surface area contributed by atoms with Gasteiger partial charge in [0.1, 0.15) is 0 Å². The fraction of sp³-hybridized carbons (Fsp3) is 0.818. The molecule has 0 aromatic rings. The van der Waals surface area contributed by atoms with Gasteiger partial charge >= 0.3 is 5.97 Å². The van der Waals surface area contributed by atoms with Gasteiger partial charge in [0, 0.05) is 19.6 Å². The molecule has 1 atom stereocenters. The summed E-state index contributed by atoms with van der Waals surface area (Å²) in [5, 5.41) is 2.60. The van der Waals surface area contributed by atoms with E-state index in [1.165, 1.54) is 21.1 Å². The number of methoxy groups -OCH3 is 1. The number of amides is 1. The Hall–Kier alpha value is -1.19. The number of nitrogens with one attached hydrogen (secondary N) is 2. The molecule has 2 N–H and O–H groups in total. The third-order valence-corrected chi connectivity index (χ3v) is 4.07. The van der Waals surface area contributed by atoms with Gasteiger partial charge in [0.15, 0.2) is 0 Å². The molecule has 0 fully saturated rings. The van der Waals surface area contributed by atoms with Gasteiger partial charge in [-0.3, -0.25) is 9.59 Å². The lowest BCUT2D eigenvalue weighted by atomic mass is 10.3. The smallest absolute Gasteiger partial charge is 0.306 e. The number of carbonyl (C=O) groups excluding carboxylic acids is 2. The van der Waals surface area contributed by atoms with Gasteiger partial charge in [-0.15, -0.1) is 0 Å². The largest absolute Gasteiger partial charge is 0.469 e. The molecule has 0 aliphatic rings. The fourth-order valence-corrected chi connectivity index (χ4v) is 2.31. The van der Waals surface area contributed by atoms with Crippen LogP contribution in [-0.4, -0.2) is 57.4 Å². The molecule has 0 bridgehead atoms. The zero-order chi connectivity index (χ0) is 15.9. The fourth-order valence-electron chi connectivity index (χ4n) is 1.25. The second-order valence-electron chi connectivity index (χ2n) is 4.66. The predicted molar refractivity (Wildman–Crippen MR) is 74.1 cm³/mol. The zero-order valence-corrected chi connectivity index (χ0v) is 13.3. The molecule has 9 heteroatoms. The molecule has 0 aliphatic carbocycles. The average molecular weight is 309 g/mol. The van der Waals surface area contributed by atoms with Crippen LogP contribution in [0.4, 0.5) is 0 Å². The normalized spacial score (nSPS) is 13.3. The molecule has 1 amide bonds. The molecule has 0 saturated carbocycles. The van der Waals surface area contributed by atoms with Crippen molar-refractivity contribution in [1.29, 1.82) is 0 Å².